The maximum Gasteiger partial charge on any atom is 0.123 e. The van der Waals surface area contributed by atoms with E-state index in [1.807, 2.05) is 31.2 Å². The minimum atomic E-state index is -0.684. The number of hydrogen-bond donors (Lipinski definition) is 1. The lowest BCUT2D eigenvalue weighted by atomic mass is 9.83. The summed E-state index contributed by atoms with van der Waals surface area (Å²) >= 11 is 0. The highest BCUT2D eigenvalue weighted by Crippen LogP contribution is 2.35. The second-order valence-corrected chi connectivity index (χ2v) is 7.00. The first kappa shape index (κ1) is 24.9. The van der Waals surface area contributed by atoms with E-state index >= 15 is 0 Å². The number of para-hydroxylation sites is 1. The predicted molar refractivity (Wildman–Crippen MR) is 118 cm³/mol. The molecule has 1 aliphatic heterocycles. The van der Waals surface area contributed by atoms with Crippen LogP contribution in [0.3, 0.4) is 0 Å². The Balaban J connectivity index is 0.00000140. The van der Waals surface area contributed by atoms with Gasteiger partial charge in [0.05, 0.1) is 5.54 Å². The zero-order chi connectivity index (χ0) is 18.1. The zero-order valence-electron chi connectivity index (χ0n) is 16.0. The van der Waals surface area contributed by atoms with Gasteiger partial charge >= 0.3 is 0 Å². The molecule has 0 radical (unpaired) electrons. The molecule has 0 aliphatic carbocycles. The van der Waals surface area contributed by atoms with Crippen molar-refractivity contribution in [2.24, 2.45) is 5.73 Å². The second-order valence-electron chi connectivity index (χ2n) is 7.00. The van der Waals surface area contributed by atoms with Gasteiger partial charge in [0.25, 0.3) is 0 Å². The molecule has 3 aromatic rings. The Bertz CT molecular complexity index is 936. The first-order valence-electron chi connectivity index (χ1n) is 8.79. The third kappa shape index (κ3) is 5.06. The van der Waals surface area contributed by atoms with E-state index in [9.17, 15) is 4.39 Å². The van der Waals surface area contributed by atoms with Crippen molar-refractivity contribution in [3.63, 3.8) is 0 Å². The molecular formula is C22H25Cl2FN2O2. The van der Waals surface area contributed by atoms with Gasteiger partial charge in [-0.3, -0.25) is 4.98 Å². The van der Waals surface area contributed by atoms with Crippen LogP contribution in [0.2, 0.25) is 0 Å². The summed E-state index contributed by atoms with van der Waals surface area (Å²) in [5, 5.41) is 0. The molecule has 4 N–H and O–H groups in total. The van der Waals surface area contributed by atoms with E-state index in [2.05, 4.69) is 11.1 Å². The van der Waals surface area contributed by atoms with Crippen LogP contribution in [0.25, 0.3) is 11.1 Å². The molecule has 0 bridgehead atoms. The second kappa shape index (κ2) is 10.0. The van der Waals surface area contributed by atoms with Crippen LogP contribution in [0.5, 0.6) is 5.75 Å². The lowest BCUT2D eigenvalue weighted by molar-refractivity contribution is 0.0958. The van der Waals surface area contributed by atoms with Crippen molar-refractivity contribution in [1.29, 1.82) is 0 Å². The number of rotatable bonds is 3. The number of benzene rings is 2. The first-order valence-corrected chi connectivity index (χ1v) is 8.79. The molecule has 0 fully saturated rings. The quantitative estimate of drug-likeness (QED) is 0.654. The first-order chi connectivity index (χ1) is 12.5. The minimum Gasteiger partial charge on any atom is -0.488 e. The van der Waals surface area contributed by atoms with Gasteiger partial charge in [-0.2, -0.15) is 0 Å². The summed E-state index contributed by atoms with van der Waals surface area (Å²) in [6, 6.07) is 16.5. The molecule has 0 amide bonds. The van der Waals surface area contributed by atoms with Crippen molar-refractivity contribution in [2.45, 2.75) is 31.4 Å². The average molecular weight is 439 g/mol. The lowest BCUT2D eigenvalue weighted by Crippen LogP contribution is -2.49. The number of nitrogens with zero attached hydrogens (tertiary/aromatic N) is 1. The van der Waals surface area contributed by atoms with Gasteiger partial charge in [0.2, 0.25) is 0 Å². The smallest absolute Gasteiger partial charge is 0.123 e. The van der Waals surface area contributed by atoms with E-state index in [4.69, 9.17) is 10.5 Å². The highest BCUT2D eigenvalue weighted by molar-refractivity contribution is 5.85. The fourth-order valence-corrected chi connectivity index (χ4v) is 3.47. The standard InChI is InChI=1S/C22H21FN2O.2ClH.H2O/c1-22(24,21-11-8-16-4-2-3-5-20(16)26-21)18-12-17(13-25-14-18)15-6-9-19(23)10-7-15;;;/h2-7,9-10,12-14,21H,8,11,24H2,1H3;2*1H;1H2/t21-,22?;;;/m0.../s1. The molecule has 1 unspecified atom stereocenters. The van der Waals surface area contributed by atoms with Gasteiger partial charge in [-0.05, 0) is 60.7 Å². The summed E-state index contributed by atoms with van der Waals surface area (Å²) in [6.45, 7) is 1.98. The monoisotopic (exact) mass is 438 g/mol. The normalized spacial score (nSPS) is 16.6. The van der Waals surface area contributed by atoms with Crippen LogP contribution >= 0.6 is 24.8 Å². The Morgan fingerprint density at radius 3 is 2.45 bits per heavy atom. The average Bonchev–Trinajstić information content (AvgIpc) is 2.68. The van der Waals surface area contributed by atoms with Crippen LogP contribution in [0.4, 0.5) is 4.39 Å². The number of aryl methyl sites for hydroxylation is 1. The van der Waals surface area contributed by atoms with Gasteiger partial charge in [-0.15, -0.1) is 24.8 Å². The zero-order valence-corrected chi connectivity index (χ0v) is 17.6. The number of aromatic nitrogens is 1. The van der Waals surface area contributed by atoms with Gasteiger partial charge in [0.1, 0.15) is 17.7 Å². The Hall–Kier alpha value is -2.18. The van der Waals surface area contributed by atoms with E-state index in [1.54, 1.807) is 24.5 Å². The molecule has 29 heavy (non-hydrogen) atoms. The van der Waals surface area contributed by atoms with E-state index in [1.165, 1.54) is 17.7 Å². The molecule has 1 aromatic heterocycles. The summed E-state index contributed by atoms with van der Waals surface area (Å²) in [7, 11) is 0. The SMILES string of the molecule is CC(N)(c1cncc(-c2ccc(F)cc2)c1)[C@@H]1CCc2ccccc2O1.Cl.Cl.O. The number of ether oxygens (including phenoxy) is 1. The number of fused-ring (bicyclic) bond motifs is 1. The molecule has 0 spiro atoms. The van der Waals surface area contributed by atoms with E-state index < -0.39 is 5.54 Å². The lowest BCUT2D eigenvalue weighted by Gasteiger charge is -2.38. The molecule has 1 aliphatic rings. The summed E-state index contributed by atoms with van der Waals surface area (Å²) in [6.07, 6.45) is 5.22. The van der Waals surface area contributed by atoms with E-state index in [-0.39, 0.29) is 42.2 Å². The molecule has 0 saturated carbocycles. The molecule has 2 atom stereocenters. The molecule has 4 rings (SSSR count). The van der Waals surface area contributed by atoms with E-state index in [0.717, 1.165) is 35.3 Å². The molecular weight excluding hydrogens is 414 g/mol. The Kier molecular flexibility index (Phi) is 8.60. The van der Waals surface area contributed by atoms with Gasteiger partial charge < -0.3 is 15.9 Å². The summed E-state index contributed by atoms with van der Waals surface area (Å²) in [5.74, 6) is 0.652. The fourth-order valence-electron chi connectivity index (χ4n) is 3.47. The van der Waals surface area contributed by atoms with Crippen LogP contribution in [0.15, 0.2) is 67.0 Å². The summed E-state index contributed by atoms with van der Waals surface area (Å²) in [4.78, 5) is 4.36. The molecule has 2 aromatic carbocycles. The number of halogens is 3. The van der Waals surface area contributed by atoms with Crippen LogP contribution in [-0.4, -0.2) is 16.6 Å². The Morgan fingerprint density at radius 1 is 1.03 bits per heavy atom. The minimum absolute atomic E-state index is 0. The molecule has 4 nitrogen and oxygen atoms in total. The number of hydrogen-bond acceptors (Lipinski definition) is 3. The largest absolute Gasteiger partial charge is 0.488 e. The fraction of sp³-hybridized carbons (Fsp3) is 0.227. The predicted octanol–water partition coefficient (Wildman–Crippen LogP) is 4.47. The molecule has 7 heteroatoms. The van der Waals surface area contributed by atoms with Gasteiger partial charge in [0, 0.05) is 18.0 Å². The summed E-state index contributed by atoms with van der Waals surface area (Å²) in [5.41, 5.74) is 9.98. The maximum atomic E-state index is 13.2. The maximum absolute atomic E-state index is 13.2. The van der Waals surface area contributed by atoms with Gasteiger partial charge in [-0.1, -0.05) is 30.3 Å². The molecule has 156 valence electrons. The highest BCUT2D eigenvalue weighted by atomic mass is 35.5. The third-order valence-electron chi connectivity index (χ3n) is 5.12. The van der Waals surface area contributed by atoms with Crippen LogP contribution in [0.1, 0.15) is 24.5 Å². The molecule has 0 saturated heterocycles. The van der Waals surface area contributed by atoms with Crippen LogP contribution in [0, 0.1) is 5.82 Å². The number of pyridine rings is 1. The van der Waals surface area contributed by atoms with Gasteiger partial charge in [0.15, 0.2) is 0 Å². The van der Waals surface area contributed by atoms with Crippen molar-refractivity contribution in [3.05, 3.63) is 83.9 Å². The van der Waals surface area contributed by atoms with Crippen molar-refractivity contribution in [1.82, 2.24) is 4.98 Å². The molecule has 2 heterocycles. The topological polar surface area (TPSA) is 79.6 Å². The van der Waals surface area contributed by atoms with Crippen molar-refractivity contribution < 1.29 is 14.6 Å². The third-order valence-corrected chi connectivity index (χ3v) is 5.12. The van der Waals surface area contributed by atoms with Gasteiger partial charge in [-0.25, -0.2) is 4.39 Å². The summed E-state index contributed by atoms with van der Waals surface area (Å²) < 4.78 is 19.4. The van der Waals surface area contributed by atoms with Crippen LogP contribution in [-0.2, 0) is 12.0 Å². The van der Waals surface area contributed by atoms with Crippen molar-refractivity contribution in [3.8, 4) is 16.9 Å². The number of nitrogens with two attached hydrogens (primary N) is 1. The van der Waals surface area contributed by atoms with Crippen molar-refractivity contribution in [2.75, 3.05) is 0 Å². The Morgan fingerprint density at radius 2 is 1.72 bits per heavy atom. The highest BCUT2D eigenvalue weighted by Gasteiger charge is 2.36. The van der Waals surface area contributed by atoms with Crippen LogP contribution < -0.4 is 10.5 Å². The Labute approximate surface area is 182 Å². The van der Waals surface area contributed by atoms with Crippen molar-refractivity contribution >= 4 is 24.8 Å². The van der Waals surface area contributed by atoms with E-state index in [0.29, 0.717) is 0 Å².